The Labute approximate surface area is 187 Å². The summed E-state index contributed by atoms with van der Waals surface area (Å²) in [6.45, 7) is 2.08. The Kier molecular flexibility index (Phi) is 5.97. The van der Waals surface area contributed by atoms with Crippen molar-refractivity contribution in [3.05, 3.63) is 68.8 Å². The number of rotatable bonds is 6. The summed E-state index contributed by atoms with van der Waals surface area (Å²) in [6, 6.07) is 13.7. The molecule has 0 radical (unpaired) electrons. The second-order valence-electron chi connectivity index (χ2n) is 7.20. The Hall–Kier alpha value is -2.57. The topological polar surface area (TPSA) is 71.2 Å². The molecule has 4 rings (SSSR count). The number of nitrogens with one attached hydrogen (secondary N) is 2. The van der Waals surface area contributed by atoms with Crippen LogP contribution in [0.15, 0.2) is 46.9 Å². The summed E-state index contributed by atoms with van der Waals surface area (Å²) in [5, 5.41) is 4.64. The van der Waals surface area contributed by atoms with E-state index in [-0.39, 0.29) is 18.5 Å². The molecule has 1 amide bonds. The maximum atomic E-state index is 13.1. The zero-order valence-corrected chi connectivity index (χ0v) is 18.7. The van der Waals surface area contributed by atoms with Crippen molar-refractivity contribution >= 4 is 61.5 Å². The molecule has 154 valence electrons. The Morgan fingerprint density at radius 1 is 1.20 bits per heavy atom. The number of benzene rings is 2. The molecule has 0 saturated carbocycles. The van der Waals surface area contributed by atoms with Gasteiger partial charge in [0.25, 0.3) is 5.91 Å². The first kappa shape index (κ1) is 20.7. The molecule has 0 bridgehead atoms. The normalized spacial score (nSPS) is 12.9. The first-order valence-corrected chi connectivity index (χ1v) is 10.8. The van der Waals surface area contributed by atoms with Crippen LogP contribution in [0.5, 0.6) is 0 Å². The van der Waals surface area contributed by atoms with Crippen molar-refractivity contribution in [1.29, 1.82) is 0 Å². The van der Waals surface area contributed by atoms with Gasteiger partial charge in [-0.05, 0) is 59.5 Å². The van der Waals surface area contributed by atoms with Crippen LogP contribution in [0.1, 0.15) is 30.2 Å². The lowest BCUT2D eigenvalue weighted by atomic mass is 10.0. The Morgan fingerprint density at radius 2 is 2.03 bits per heavy atom. The Morgan fingerprint density at radius 3 is 2.83 bits per heavy atom. The summed E-state index contributed by atoms with van der Waals surface area (Å²) in [5.41, 5.74) is 5.53. The number of H-pyrrole nitrogens is 1. The number of hydrogen-bond acceptors (Lipinski definition) is 3. The van der Waals surface area contributed by atoms with E-state index in [1.54, 1.807) is 0 Å². The van der Waals surface area contributed by atoms with Crippen molar-refractivity contribution < 1.29 is 14.3 Å². The summed E-state index contributed by atoms with van der Waals surface area (Å²) in [6.07, 6.45) is 1.22. The van der Waals surface area contributed by atoms with Crippen LogP contribution >= 0.6 is 27.5 Å². The van der Waals surface area contributed by atoms with E-state index in [1.165, 1.54) is 6.92 Å². The minimum absolute atomic E-state index is 0.134. The van der Waals surface area contributed by atoms with Gasteiger partial charge in [-0.1, -0.05) is 33.6 Å². The zero-order valence-electron chi connectivity index (χ0n) is 16.4. The molecule has 0 aliphatic heterocycles. The molecule has 2 N–H and O–H groups in total. The smallest absolute Gasteiger partial charge is 0.302 e. The molecule has 3 aromatic rings. The van der Waals surface area contributed by atoms with Crippen LogP contribution in [0.4, 0.5) is 0 Å². The molecule has 0 fully saturated rings. The van der Waals surface area contributed by atoms with Crippen LogP contribution in [0.25, 0.3) is 22.0 Å². The van der Waals surface area contributed by atoms with Gasteiger partial charge in [-0.3, -0.25) is 9.59 Å². The molecule has 0 unspecified atom stereocenters. The van der Waals surface area contributed by atoms with Gasteiger partial charge in [0, 0.05) is 46.0 Å². The second-order valence-corrected chi connectivity index (χ2v) is 8.55. The van der Waals surface area contributed by atoms with Gasteiger partial charge in [-0.25, -0.2) is 0 Å². The van der Waals surface area contributed by atoms with E-state index in [1.807, 2.05) is 36.4 Å². The van der Waals surface area contributed by atoms with Gasteiger partial charge in [0.2, 0.25) is 0 Å². The predicted octanol–water partition coefficient (Wildman–Crippen LogP) is 5.12. The van der Waals surface area contributed by atoms with E-state index in [0.717, 1.165) is 37.8 Å². The van der Waals surface area contributed by atoms with Gasteiger partial charge >= 0.3 is 5.97 Å². The first-order valence-electron chi connectivity index (χ1n) is 9.64. The third-order valence-electron chi connectivity index (χ3n) is 5.05. The van der Waals surface area contributed by atoms with E-state index in [4.69, 9.17) is 16.3 Å². The second kappa shape index (κ2) is 8.66. The Bertz CT molecular complexity index is 1180. The lowest BCUT2D eigenvalue weighted by Crippen LogP contribution is -2.26. The van der Waals surface area contributed by atoms with E-state index in [9.17, 15) is 9.59 Å². The summed E-state index contributed by atoms with van der Waals surface area (Å²) in [7, 11) is 0. The third-order valence-corrected chi connectivity index (χ3v) is 5.78. The molecule has 1 aromatic heterocycles. The average Bonchev–Trinajstić information content (AvgIpc) is 3.27. The molecule has 1 aliphatic rings. The molecule has 1 aliphatic carbocycles. The number of carbonyl (C=O) groups excluding carboxylic acids is 2. The summed E-state index contributed by atoms with van der Waals surface area (Å²) < 4.78 is 5.91. The van der Waals surface area contributed by atoms with Crippen molar-refractivity contribution in [3.63, 3.8) is 0 Å². The van der Waals surface area contributed by atoms with Crippen LogP contribution in [-0.4, -0.2) is 30.0 Å². The third kappa shape index (κ3) is 4.30. The number of aromatic nitrogens is 1. The van der Waals surface area contributed by atoms with Crippen molar-refractivity contribution in [2.45, 2.75) is 19.8 Å². The van der Waals surface area contributed by atoms with E-state index in [2.05, 4.69) is 32.3 Å². The van der Waals surface area contributed by atoms with E-state index < -0.39 is 0 Å². The van der Waals surface area contributed by atoms with Gasteiger partial charge in [-0.2, -0.15) is 0 Å². The number of amides is 1. The fourth-order valence-electron chi connectivity index (χ4n) is 3.73. The first-order chi connectivity index (χ1) is 14.4. The van der Waals surface area contributed by atoms with Crippen molar-refractivity contribution in [1.82, 2.24) is 10.3 Å². The Balaban J connectivity index is 1.65. The molecule has 0 saturated heterocycles. The number of ether oxygens (including phenoxy) is 1. The highest BCUT2D eigenvalue weighted by atomic mass is 79.9. The highest BCUT2D eigenvalue weighted by Gasteiger charge is 2.28. The fraction of sp³-hybridized carbons (Fsp3) is 0.217. The standard InChI is InChI=1S/C23H20BrClN2O3/c1-13(28)30-8-2-7-26-23(29)22-18-5-3-16(24)9-14(18)11-19(22)21-12-15-10-17(25)4-6-20(15)27-21/h3-6,9-10,12,27H,2,7-8,11H2,1H3,(H,26,29). The largest absolute Gasteiger partial charge is 0.466 e. The molecule has 2 aromatic carbocycles. The summed E-state index contributed by atoms with van der Waals surface area (Å²) >= 11 is 9.66. The fourth-order valence-corrected chi connectivity index (χ4v) is 4.32. The van der Waals surface area contributed by atoms with Crippen LogP contribution in [0.2, 0.25) is 5.02 Å². The molecular weight excluding hydrogens is 468 g/mol. The van der Waals surface area contributed by atoms with Crippen LogP contribution in [0.3, 0.4) is 0 Å². The SMILES string of the molecule is CC(=O)OCCCNC(=O)C1=C(c2cc3cc(Cl)ccc3[nH]2)Cc2cc(Br)ccc21. The number of aromatic amines is 1. The summed E-state index contributed by atoms with van der Waals surface area (Å²) in [4.78, 5) is 27.4. The van der Waals surface area contributed by atoms with Gasteiger partial charge in [-0.15, -0.1) is 0 Å². The van der Waals surface area contributed by atoms with Crippen molar-refractivity contribution in [2.75, 3.05) is 13.2 Å². The molecule has 1 heterocycles. The molecule has 5 nitrogen and oxygen atoms in total. The number of fused-ring (bicyclic) bond motifs is 2. The predicted molar refractivity (Wildman–Crippen MR) is 122 cm³/mol. The van der Waals surface area contributed by atoms with Crippen LogP contribution < -0.4 is 5.32 Å². The molecule has 7 heteroatoms. The lowest BCUT2D eigenvalue weighted by Gasteiger charge is -2.10. The van der Waals surface area contributed by atoms with Crippen LogP contribution in [0, 0.1) is 0 Å². The number of allylic oxidation sites excluding steroid dienone is 1. The average molecular weight is 488 g/mol. The van der Waals surface area contributed by atoms with Crippen molar-refractivity contribution in [3.8, 4) is 0 Å². The minimum atomic E-state index is -0.319. The summed E-state index contributed by atoms with van der Waals surface area (Å²) in [5.74, 6) is -0.453. The minimum Gasteiger partial charge on any atom is -0.466 e. The quantitative estimate of drug-likeness (QED) is 0.374. The van der Waals surface area contributed by atoms with Gasteiger partial charge in [0.05, 0.1) is 12.2 Å². The maximum Gasteiger partial charge on any atom is 0.302 e. The number of carbonyl (C=O) groups is 2. The monoisotopic (exact) mass is 486 g/mol. The van der Waals surface area contributed by atoms with Crippen molar-refractivity contribution in [2.24, 2.45) is 0 Å². The molecule has 30 heavy (non-hydrogen) atoms. The van der Waals surface area contributed by atoms with Gasteiger partial charge in [0.1, 0.15) is 0 Å². The highest BCUT2D eigenvalue weighted by molar-refractivity contribution is 9.10. The maximum absolute atomic E-state index is 13.1. The molecule has 0 spiro atoms. The highest BCUT2D eigenvalue weighted by Crippen LogP contribution is 2.40. The van der Waals surface area contributed by atoms with Gasteiger partial charge < -0.3 is 15.0 Å². The zero-order chi connectivity index (χ0) is 21.3. The molecular formula is C23H20BrClN2O3. The van der Waals surface area contributed by atoms with Gasteiger partial charge in [0.15, 0.2) is 0 Å². The molecule has 0 atom stereocenters. The number of halogens is 2. The van der Waals surface area contributed by atoms with E-state index in [0.29, 0.717) is 30.0 Å². The lowest BCUT2D eigenvalue weighted by molar-refractivity contribution is -0.140. The van der Waals surface area contributed by atoms with Crippen LogP contribution in [-0.2, 0) is 20.7 Å². The number of hydrogen-bond donors (Lipinski definition) is 2. The number of esters is 1. The van der Waals surface area contributed by atoms with E-state index >= 15 is 0 Å².